The Labute approximate surface area is 117 Å². The molecule has 1 aromatic rings. The lowest BCUT2D eigenvalue weighted by atomic mass is 10.1. The molecule has 7 heteroatoms. The first-order valence-electron chi connectivity index (χ1n) is 4.71. The monoisotopic (exact) mass is 360 g/mol. The zero-order valence-corrected chi connectivity index (χ0v) is 11.2. The maximum Gasteiger partial charge on any atom is 0.349 e. The van der Waals surface area contributed by atoms with Gasteiger partial charge in [-0.15, -0.1) is 5.23 Å². The molecule has 1 aromatic carbocycles. The summed E-state index contributed by atoms with van der Waals surface area (Å²) in [6, 6.07) is 7.65. The maximum absolute atomic E-state index is 11.3. The molecule has 0 radical (unpaired) electrons. The van der Waals surface area contributed by atoms with Crippen molar-refractivity contribution in [2.45, 2.75) is 0 Å². The number of rotatable bonds is 4. The van der Waals surface area contributed by atoms with Crippen LogP contribution < -0.4 is 5.23 Å². The Kier molecular flexibility index (Phi) is 5.57. The molecule has 0 unspecified atom stereocenters. The molecular weight excluding hydrogens is 351 g/mol. The summed E-state index contributed by atoms with van der Waals surface area (Å²) in [5.41, 5.74) is 0.618. The van der Waals surface area contributed by atoms with Gasteiger partial charge >= 0.3 is 5.97 Å². The van der Waals surface area contributed by atoms with Crippen LogP contribution in [0.25, 0.3) is 6.08 Å². The number of anilines is 1. The van der Waals surface area contributed by atoms with Crippen LogP contribution >= 0.6 is 22.6 Å². The molecule has 2 N–H and O–H groups in total. The quantitative estimate of drug-likeness (QED) is 0.213. The van der Waals surface area contributed by atoms with Gasteiger partial charge in [0.05, 0.1) is 5.69 Å². The standard InChI is InChI=1S/C11H9IN2O4/c12-7-18-11(15)9(6-13)5-8-1-3-10(4-2-8)14(16)17/h1-5,16-17H,7H2/b9-5-. The number of hydrogen-bond donors (Lipinski definition) is 2. The fourth-order valence-corrected chi connectivity index (χ4v) is 1.42. The van der Waals surface area contributed by atoms with Gasteiger partial charge in [-0.2, -0.15) is 5.26 Å². The van der Waals surface area contributed by atoms with Crippen LogP contribution in [-0.2, 0) is 9.53 Å². The van der Waals surface area contributed by atoms with E-state index in [1.165, 1.54) is 30.3 Å². The van der Waals surface area contributed by atoms with Gasteiger partial charge in [0.1, 0.15) is 16.3 Å². The topological polar surface area (TPSA) is 93.8 Å². The summed E-state index contributed by atoms with van der Waals surface area (Å²) in [4.78, 5) is 11.3. The molecule has 0 atom stereocenters. The Bertz CT molecular complexity index is 491. The summed E-state index contributed by atoms with van der Waals surface area (Å²) in [6.45, 7) is 0. The number of alkyl halides is 1. The maximum atomic E-state index is 11.3. The molecule has 0 aromatic heterocycles. The number of nitriles is 1. The third kappa shape index (κ3) is 3.99. The van der Waals surface area contributed by atoms with Crippen LogP contribution in [0.1, 0.15) is 5.56 Å². The minimum Gasteiger partial charge on any atom is -0.451 e. The molecule has 0 saturated heterocycles. The molecule has 0 aliphatic heterocycles. The lowest BCUT2D eigenvalue weighted by Gasteiger charge is -2.07. The Morgan fingerprint density at radius 2 is 2.06 bits per heavy atom. The highest BCUT2D eigenvalue weighted by atomic mass is 127. The number of carbonyl (C=O) groups is 1. The molecule has 0 aliphatic rings. The number of esters is 1. The van der Waals surface area contributed by atoms with E-state index in [9.17, 15) is 4.79 Å². The van der Waals surface area contributed by atoms with Gasteiger partial charge in [0.2, 0.25) is 0 Å². The van der Waals surface area contributed by atoms with Crippen molar-refractivity contribution in [2.75, 3.05) is 9.84 Å². The Morgan fingerprint density at radius 1 is 1.44 bits per heavy atom. The second kappa shape index (κ2) is 6.95. The van der Waals surface area contributed by atoms with Crippen LogP contribution in [-0.4, -0.2) is 21.0 Å². The molecule has 94 valence electrons. The van der Waals surface area contributed by atoms with Gasteiger partial charge in [0.15, 0.2) is 0 Å². The van der Waals surface area contributed by atoms with Crippen LogP contribution in [0.5, 0.6) is 0 Å². The molecule has 0 bridgehead atoms. The Balaban J connectivity index is 2.93. The van der Waals surface area contributed by atoms with Crippen LogP contribution in [0.2, 0.25) is 0 Å². The summed E-state index contributed by atoms with van der Waals surface area (Å²) in [7, 11) is 0. The second-order valence-corrected chi connectivity index (χ2v) is 3.71. The van der Waals surface area contributed by atoms with E-state index < -0.39 is 5.97 Å². The first-order chi connectivity index (χ1) is 8.58. The summed E-state index contributed by atoms with van der Waals surface area (Å²) in [5.74, 6) is -0.693. The van der Waals surface area contributed by atoms with E-state index in [2.05, 4.69) is 0 Å². The molecule has 0 fully saturated rings. The van der Waals surface area contributed by atoms with Crippen molar-refractivity contribution in [1.29, 1.82) is 5.26 Å². The SMILES string of the molecule is N#C/C(=C/c1ccc(N(O)O)cc1)C(=O)OCI. The predicted octanol–water partition coefficient (Wildman–Crippen LogP) is 2.11. The molecule has 0 heterocycles. The minimum atomic E-state index is -0.693. The Morgan fingerprint density at radius 3 is 2.50 bits per heavy atom. The van der Waals surface area contributed by atoms with Gasteiger partial charge in [-0.25, -0.2) is 4.79 Å². The number of hydrogen-bond acceptors (Lipinski definition) is 6. The summed E-state index contributed by atoms with van der Waals surface area (Å²) in [6.07, 6.45) is 1.36. The highest BCUT2D eigenvalue weighted by molar-refractivity contribution is 14.1. The lowest BCUT2D eigenvalue weighted by Crippen LogP contribution is -2.10. The zero-order valence-electron chi connectivity index (χ0n) is 9.08. The number of carbonyl (C=O) groups excluding carboxylic acids is 1. The molecule has 1 rings (SSSR count). The van der Waals surface area contributed by atoms with Gasteiger partial charge in [-0.05, 0) is 46.4 Å². The van der Waals surface area contributed by atoms with E-state index in [-0.39, 0.29) is 21.1 Å². The fourth-order valence-electron chi connectivity index (χ4n) is 1.13. The molecule has 18 heavy (non-hydrogen) atoms. The third-order valence-corrected chi connectivity index (χ3v) is 2.27. The predicted molar refractivity (Wildman–Crippen MR) is 71.1 cm³/mol. The van der Waals surface area contributed by atoms with Gasteiger partial charge in [0, 0.05) is 0 Å². The summed E-state index contributed by atoms with van der Waals surface area (Å²) < 4.78 is 4.86. The lowest BCUT2D eigenvalue weighted by molar-refractivity contribution is -0.135. The van der Waals surface area contributed by atoms with Crippen molar-refractivity contribution < 1.29 is 19.9 Å². The van der Waals surface area contributed by atoms with Crippen molar-refractivity contribution in [3.63, 3.8) is 0 Å². The third-order valence-electron chi connectivity index (χ3n) is 1.96. The summed E-state index contributed by atoms with van der Waals surface area (Å²) in [5, 5.41) is 26.3. The molecule has 6 nitrogen and oxygen atoms in total. The molecule has 0 spiro atoms. The average Bonchev–Trinajstić information content (AvgIpc) is 2.36. The van der Waals surface area contributed by atoms with Gasteiger partial charge < -0.3 is 4.74 Å². The smallest absolute Gasteiger partial charge is 0.349 e. The average molecular weight is 360 g/mol. The van der Waals surface area contributed by atoms with Crippen molar-refractivity contribution in [3.8, 4) is 6.07 Å². The van der Waals surface area contributed by atoms with Crippen molar-refractivity contribution in [1.82, 2.24) is 0 Å². The van der Waals surface area contributed by atoms with E-state index in [0.717, 1.165) is 0 Å². The normalized spacial score (nSPS) is 10.7. The van der Waals surface area contributed by atoms with Gasteiger partial charge in [-0.3, -0.25) is 10.4 Å². The van der Waals surface area contributed by atoms with E-state index in [1.807, 2.05) is 22.6 Å². The zero-order chi connectivity index (χ0) is 13.5. The molecule has 0 saturated carbocycles. The van der Waals surface area contributed by atoms with Crippen molar-refractivity contribution in [2.24, 2.45) is 0 Å². The van der Waals surface area contributed by atoms with E-state index >= 15 is 0 Å². The van der Waals surface area contributed by atoms with Gasteiger partial charge in [0.25, 0.3) is 0 Å². The van der Waals surface area contributed by atoms with Crippen molar-refractivity contribution in [3.05, 3.63) is 35.4 Å². The van der Waals surface area contributed by atoms with Crippen LogP contribution in [0, 0.1) is 11.3 Å². The molecule has 0 amide bonds. The second-order valence-electron chi connectivity index (χ2n) is 3.09. The molecular formula is C11H9IN2O4. The number of ether oxygens (including phenoxy) is 1. The number of benzene rings is 1. The number of nitrogens with zero attached hydrogens (tertiary/aromatic N) is 2. The van der Waals surface area contributed by atoms with Crippen LogP contribution in [0.3, 0.4) is 0 Å². The highest BCUT2D eigenvalue weighted by Crippen LogP contribution is 2.14. The van der Waals surface area contributed by atoms with Crippen molar-refractivity contribution >= 4 is 40.3 Å². The number of halogens is 1. The van der Waals surface area contributed by atoms with E-state index in [1.54, 1.807) is 6.07 Å². The Hall–Kier alpha value is -1.63. The highest BCUT2D eigenvalue weighted by Gasteiger charge is 2.09. The van der Waals surface area contributed by atoms with Crippen LogP contribution in [0.15, 0.2) is 29.8 Å². The fraction of sp³-hybridized carbons (Fsp3) is 0.0909. The minimum absolute atomic E-state index is 0.0248. The van der Waals surface area contributed by atoms with E-state index in [4.69, 9.17) is 20.4 Å². The molecule has 0 aliphatic carbocycles. The van der Waals surface area contributed by atoms with E-state index in [0.29, 0.717) is 5.56 Å². The van der Waals surface area contributed by atoms with Gasteiger partial charge in [-0.1, -0.05) is 12.1 Å². The first-order valence-corrected chi connectivity index (χ1v) is 6.24. The first kappa shape index (κ1) is 14.4. The van der Waals surface area contributed by atoms with Crippen LogP contribution in [0.4, 0.5) is 5.69 Å². The summed E-state index contributed by atoms with van der Waals surface area (Å²) >= 11 is 1.85. The largest absolute Gasteiger partial charge is 0.451 e.